The Morgan fingerprint density at radius 1 is 1.14 bits per heavy atom. The standard InChI is InChI=1S/C20H19FN6O/c1-13(11-14-7-3-2-4-8-14)22-19-17-18(20(28)25-24-19)27(26-23-17)12-15-9-5-6-10-16(15)21/h2-10,13H,11-12H2,1H3,(H,22,24)(H,25,28)/t13-/m1/s1. The Labute approximate surface area is 160 Å². The summed E-state index contributed by atoms with van der Waals surface area (Å²) in [6.07, 6.45) is 0.784. The molecule has 0 spiro atoms. The molecule has 1 atom stereocenters. The highest BCUT2D eigenvalue weighted by atomic mass is 19.1. The van der Waals surface area contributed by atoms with Crippen LogP contribution in [0.2, 0.25) is 0 Å². The molecule has 0 amide bonds. The van der Waals surface area contributed by atoms with Crippen LogP contribution in [0.4, 0.5) is 10.2 Å². The van der Waals surface area contributed by atoms with Gasteiger partial charge in [0.15, 0.2) is 16.9 Å². The Kier molecular flexibility index (Phi) is 4.84. The molecule has 2 N–H and O–H groups in total. The van der Waals surface area contributed by atoms with Gasteiger partial charge >= 0.3 is 0 Å². The first kappa shape index (κ1) is 17.8. The average molecular weight is 378 g/mol. The van der Waals surface area contributed by atoms with Crippen LogP contribution in [-0.4, -0.2) is 31.2 Å². The van der Waals surface area contributed by atoms with Crippen molar-refractivity contribution < 1.29 is 4.39 Å². The second kappa shape index (κ2) is 7.59. The molecule has 0 fully saturated rings. The molecule has 0 bridgehead atoms. The molecule has 28 heavy (non-hydrogen) atoms. The molecule has 0 saturated carbocycles. The molecule has 0 radical (unpaired) electrons. The fraction of sp³-hybridized carbons (Fsp3) is 0.200. The second-order valence-corrected chi connectivity index (χ2v) is 6.67. The minimum Gasteiger partial charge on any atom is -0.364 e. The molecule has 4 rings (SSSR count). The van der Waals surface area contributed by atoms with Gasteiger partial charge in [-0.3, -0.25) is 4.79 Å². The molecule has 0 aliphatic heterocycles. The van der Waals surface area contributed by atoms with Gasteiger partial charge in [0, 0.05) is 11.6 Å². The van der Waals surface area contributed by atoms with Gasteiger partial charge in [-0.15, -0.1) is 5.10 Å². The molecule has 7 nitrogen and oxygen atoms in total. The summed E-state index contributed by atoms with van der Waals surface area (Å²) in [6, 6.07) is 16.5. The summed E-state index contributed by atoms with van der Waals surface area (Å²) >= 11 is 0. The van der Waals surface area contributed by atoms with E-state index in [1.54, 1.807) is 18.2 Å². The summed E-state index contributed by atoms with van der Waals surface area (Å²) in [6.45, 7) is 2.13. The van der Waals surface area contributed by atoms with Crippen molar-refractivity contribution >= 4 is 16.9 Å². The predicted molar refractivity (Wildman–Crippen MR) is 105 cm³/mol. The first-order valence-corrected chi connectivity index (χ1v) is 8.97. The van der Waals surface area contributed by atoms with Crippen molar-refractivity contribution in [1.82, 2.24) is 25.2 Å². The van der Waals surface area contributed by atoms with E-state index in [1.165, 1.54) is 16.3 Å². The van der Waals surface area contributed by atoms with Crippen molar-refractivity contribution in [3.63, 3.8) is 0 Å². The van der Waals surface area contributed by atoms with Crippen LogP contribution in [0.15, 0.2) is 59.4 Å². The minimum absolute atomic E-state index is 0.0562. The quantitative estimate of drug-likeness (QED) is 0.539. The SMILES string of the molecule is C[C@H](Cc1ccccc1)Nc1n[nH]c(=O)c2c1nnn2Cc1ccccc1F. The third-order valence-electron chi connectivity index (χ3n) is 4.49. The Morgan fingerprint density at radius 3 is 2.68 bits per heavy atom. The fourth-order valence-corrected chi connectivity index (χ4v) is 3.16. The third-order valence-corrected chi connectivity index (χ3v) is 4.49. The molecule has 2 aromatic heterocycles. The van der Waals surface area contributed by atoms with Gasteiger partial charge in [0.2, 0.25) is 0 Å². The first-order valence-electron chi connectivity index (χ1n) is 8.97. The normalized spacial score (nSPS) is 12.2. The maximum Gasteiger partial charge on any atom is 0.292 e. The van der Waals surface area contributed by atoms with Crippen molar-refractivity contribution in [1.29, 1.82) is 0 Å². The lowest BCUT2D eigenvalue weighted by Gasteiger charge is -2.14. The maximum absolute atomic E-state index is 14.0. The van der Waals surface area contributed by atoms with Crippen LogP contribution in [0.1, 0.15) is 18.1 Å². The zero-order valence-corrected chi connectivity index (χ0v) is 15.3. The zero-order valence-electron chi connectivity index (χ0n) is 15.3. The highest BCUT2D eigenvalue weighted by molar-refractivity contribution is 5.84. The molecule has 2 aromatic carbocycles. The number of nitrogens with zero attached hydrogens (tertiary/aromatic N) is 4. The van der Waals surface area contributed by atoms with Crippen LogP contribution in [-0.2, 0) is 13.0 Å². The number of anilines is 1. The summed E-state index contributed by atoms with van der Waals surface area (Å²) in [4.78, 5) is 12.3. The van der Waals surface area contributed by atoms with Crippen LogP contribution in [0, 0.1) is 5.82 Å². The molecular formula is C20H19FN6O. The predicted octanol–water partition coefficient (Wildman–Crippen LogP) is 2.75. The van der Waals surface area contributed by atoms with E-state index in [1.807, 2.05) is 25.1 Å². The van der Waals surface area contributed by atoms with E-state index >= 15 is 0 Å². The number of benzene rings is 2. The van der Waals surface area contributed by atoms with Gasteiger partial charge in [-0.2, -0.15) is 5.10 Å². The van der Waals surface area contributed by atoms with Gasteiger partial charge in [-0.1, -0.05) is 53.7 Å². The van der Waals surface area contributed by atoms with Crippen molar-refractivity contribution in [3.8, 4) is 0 Å². The van der Waals surface area contributed by atoms with Crippen molar-refractivity contribution in [3.05, 3.63) is 81.9 Å². The summed E-state index contributed by atoms with van der Waals surface area (Å²) in [5.74, 6) is 0.0873. The Morgan fingerprint density at radius 2 is 1.89 bits per heavy atom. The van der Waals surface area contributed by atoms with Gasteiger partial charge in [-0.25, -0.2) is 14.2 Å². The van der Waals surface area contributed by atoms with Gasteiger partial charge in [0.05, 0.1) is 6.54 Å². The Hall–Kier alpha value is -3.55. The number of rotatable bonds is 6. The van der Waals surface area contributed by atoms with Crippen molar-refractivity contribution in [2.45, 2.75) is 25.9 Å². The molecule has 2 heterocycles. The summed E-state index contributed by atoms with van der Waals surface area (Å²) in [7, 11) is 0. The van der Waals surface area contributed by atoms with Crippen LogP contribution in [0.5, 0.6) is 0 Å². The van der Waals surface area contributed by atoms with Crippen LogP contribution in [0.25, 0.3) is 11.0 Å². The van der Waals surface area contributed by atoms with E-state index in [4.69, 9.17) is 0 Å². The van der Waals surface area contributed by atoms with E-state index in [0.29, 0.717) is 16.9 Å². The van der Waals surface area contributed by atoms with E-state index in [0.717, 1.165) is 6.42 Å². The van der Waals surface area contributed by atoms with Crippen molar-refractivity contribution in [2.75, 3.05) is 5.32 Å². The van der Waals surface area contributed by atoms with E-state index in [9.17, 15) is 9.18 Å². The number of fused-ring (bicyclic) bond motifs is 1. The zero-order chi connectivity index (χ0) is 19.5. The molecule has 0 aliphatic carbocycles. The number of aromatic nitrogens is 5. The van der Waals surface area contributed by atoms with Gasteiger partial charge in [0.25, 0.3) is 5.56 Å². The van der Waals surface area contributed by atoms with Crippen molar-refractivity contribution in [2.24, 2.45) is 0 Å². The fourth-order valence-electron chi connectivity index (χ4n) is 3.16. The highest BCUT2D eigenvalue weighted by Crippen LogP contribution is 2.18. The van der Waals surface area contributed by atoms with Gasteiger partial charge in [-0.05, 0) is 25.0 Å². The topological polar surface area (TPSA) is 88.5 Å². The van der Waals surface area contributed by atoms with E-state index in [2.05, 4.69) is 38.0 Å². The lowest BCUT2D eigenvalue weighted by Crippen LogP contribution is -2.22. The maximum atomic E-state index is 14.0. The molecule has 4 aromatic rings. The van der Waals surface area contributed by atoms with Crippen LogP contribution < -0.4 is 10.9 Å². The van der Waals surface area contributed by atoms with E-state index in [-0.39, 0.29) is 23.9 Å². The smallest absolute Gasteiger partial charge is 0.292 e. The third kappa shape index (κ3) is 3.62. The minimum atomic E-state index is -0.419. The number of halogens is 1. The highest BCUT2D eigenvalue weighted by Gasteiger charge is 2.17. The number of H-pyrrole nitrogens is 1. The number of nitrogens with one attached hydrogen (secondary N) is 2. The molecular weight excluding hydrogens is 359 g/mol. The first-order chi connectivity index (χ1) is 13.6. The molecule has 0 unspecified atom stereocenters. The summed E-state index contributed by atoms with van der Waals surface area (Å²) in [5, 5.41) is 18.0. The van der Waals surface area contributed by atoms with Gasteiger partial charge < -0.3 is 5.32 Å². The number of hydrogen-bond acceptors (Lipinski definition) is 5. The summed E-state index contributed by atoms with van der Waals surface area (Å²) in [5.41, 5.74) is 1.81. The Bertz CT molecular complexity index is 1150. The van der Waals surface area contributed by atoms with E-state index < -0.39 is 5.56 Å². The number of hydrogen-bond donors (Lipinski definition) is 2. The molecule has 8 heteroatoms. The average Bonchev–Trinajstić information content (AvgIpc) is 3.11. The second-order valence-electron chi connectivity index (χ2n) is 6.67. The molecule has 142 valence electrons. The largest absolute Gasteiger partial charge is 0.364 e. The Balaban J connectivity index is 1.62. The lowest BCUT2D eigenvalue weighted by molar-refractivity contribution is 0.583. The van der Waals surface area contributed by atoms with Crippen LogP contribution >= 0.6 is 0 Å². The van der Waals surface area contributed by atoms with Crippen LogP contribution in [0.3, 0.4) is 0 Å². The molecule has 0 saturated heterocycles. The summed E-state index contributed by atoms with van der Waals surface area (Å²) < 4.78 is 15.4. The number of aromatic amines is 1. The van der Waals surface area contributed by atoms with Gasteiger partial charge in [0.1, 0.15) is 5.82 Å². The monoisotopic (exact) mass is 378 g/mol. The molecule has 0 aliphatic rings. The lowest BCUT2D eigenvalue weighted by atomic mass is 10.1.